The Labute approximate surface area is 398 Å². The van der Waals surface area contributed by atoms with Gasteiger partial charge in [0.1, 0.15) is 46.5 Å². The maximum Gasteiger partial charge on any atom is 0.294 e. The van der Waals surface area contributed by atoms with Crippen molar-refractivity contribution in [2.75, 3.05) is 0 Å². The highest BCUT2D eigenvalue weighted by atomic mass is 32.2. The van der Waals surface area contributed by atoms with Gasteiger partial charge in [-0.15, -0.1) is 0 Å². The van der Waals surface area contributed by atoms with Crippen molar-refractivity contribution in [1.82, 2.24) is 19.9 Å². The highest BCUT2D eigenvalue weighted by molar-refractivity contribution is 7.86. The van der Waals surface area contributed by atoms with Crippen LogP contribution in [0.15, 0.2) is 92.4 Å². The van der Waals surface area contributed by atoms with Gasteiger partial charge in [0.2, 0.25) is 0 Å². The molecule has 2 aliphatic heterocycles. The first-order chi connectivity index (χ1) is 33.5. The fourth-order valence-electron chi connectivity index (χ4n) is 8.01. The number of fused-ring (bicyclic) bond motifs is 8. The van der Waals surface area contributed by atoms with Gasteiger partial charge in [-0.2, -0.15) is 33.7 Å². The maximum absolute atomic E-state index is 16.3. The average Bonchev–Trinajstić information content (AvgIpc) is 4.10. The molecule has 0 radical (unpaired) electrons. The number of halogens is 8. The zero-order valence-corrected chi connectivity index (χ0v) is 38.1. The first-order valence-electron chi connectivity index (χ1n) is 19.5. The van der Waals surface area contributed by atoms with E-state index in [0.29, 0.717) is 0 Å². The van der Waals surface area contributed by atoms with Gasteiger partial charge in [-0.25, -0.2) is 45.1 Å². The second kappa shape index (κ2) is 17.1. The molecule has 8 bridgehead atoms. The molecule has 0 unspecified atom stereocenters. The number of nitrogens with one attached hydrogen (secondary N) is 2. The van der Waals surface area contributed by atoms with Crippen molar-refractivity contribution < 1.29 is 87.0 Å². The van der Waals surface area contributed by atoms with Crippen molar-refractivity contribution in [3.05, 3.63) is 142 Å². The minimum absolute atomic E-state index is 0.206. The number of H-pyrrole nitrogens is 2. The van der Waals surface area contributed by atoms with Crippen molar-refractivity contribution in [1.29, 1.82) is 0 Å². The van der Waals surface area contributed by atoms with Crippen LogP contribution in [0.5, 0.6) is 0 Å². The molecule has 0 spiro atoms. The Morgan fingerprint density at radius 3 is 0.625 bits per heavy atom. The van der Waals surface area contributed by atoms with Crippen LogP contribution in [-0.4, -0.2) is 71.8 Å². The molecule has 9 rings (SSSR count). The first kappa shape index (κ1) is 49.5. The molecule has 0 aliphatic carbocycles. The van der Waals surface area contributed by atoms with Crippen molar-refractivity contribution >= 4 is 86.8 Å². The molecule has 7 aromatic rings. The molecule has 0 atom stereocenters. The number of nitrogens with zero attached hydrogens (tertiary/aromatic N) is 2. The van der Waals surface area contributed by atoms with Crippen LogP contribution < -0.4 is 0 Å². The molecule has 370 valence electrons. The van der Waals surface area contributed by atoms with E-state index in [1.807, 2.05) is 0 Å². The smallest absolute Gasteiger partial charge is 0.294 e. The Hall–Kier alpha value is -7.44. The monoisotopic (exact) mass is 1080 g/mol. The van der Waals surface area contributed by atoms with E-state index in [4.69, 9.17) is 0 Å². The van der Waals surface area contributed by atoms with Gasteiger partial charge in [-0.3, -0.25) is 18.2 Å². The van der Waals surface area contributed by atoms with Crippen LogP contribution in [0.1, 0.15) is 22.8 Å². The van der Waals surface area contributed by atoms with Crippen molar-refractivity contribution in [3.8, 4) is 44.5 Å². The third kappa shape index (κ3) is 8.75. The number of benzene rings is 4. The molecule has 0 amide bonds. The summed E-state index contributed by atoms with van der Waals surface area (Å²) in [5, 5.41) is 0. The predicted octanol–water partition coefficient (Wildman–Crippen LogP) is 9.42. The molecule has 6 N–H and O–H groups in total. The lowest BCUT2D eigenvalue weighted by Gasteiger charge is -2.11. The average molecular weight is 1080 g/mol. The molecular weight excluding hydrogens is 1060 g/mol. The molecule has 0 fully saturated rings. The topological polar surface area (TPSA) is 275 Å². The van der Waals surface area contributed by atoms with Gasteiger partial charge in [0.25, 0.3) is 40.5 Å². The van der Waals surface area contributed by atoms with Crippen LogP contribution >= 0.6 is 0 Å². The Bertz CT molecular complexity index is 3700. The van der Waals surface area contributed by atoms with Gasteiger partial charge >= 0.3 is 0 Å². The summed E-state index contributed by atoms with van der Waals surface area (Å²) < 4.78 is 265. The van der Waals surface area contributed by atoms with E-state index in [2.05, 4.69) is 19.9 Å². The molecule has 0 saturated heterocycles. The Morgan fingerprint density at radius 2 is 0.472 bits per heavy atom. The molecule has 5 heterocycles. The fraction of sp³-hybridized carbons (Fsp3) is 0. The summed E-state index contributed by atoms with van der Waals surface area (Å²) in [6, 6.07) is 5.73. The fourth-order valence-corrected chi connectivity index (χ4v) is 10.0. The largest absolute Gasteiger partial charge is 0.354 e. The third-order valence-corrected chi connectivity index (χ3v) is 14.3. The number of aromatic amines is 2. The summed E-state index contributed by atoms with van der Waals surface area (Å²) in [4.78, 5) is 9.02. The zero-order valence-electron chi connectivity index (χ0n) is 34.8. The highest BCUT2D eigenvalue weighted by Crippen LogP contribution is 2.43. The lowest BCUT2D eigenvalue weighted by molar-refractivity contribution is 0.478. The number of hydrogen-bond acceptors (Lipinski definition) is 10. The Balaban J connectivity index is 1.54. The Morgan fingerprint density at radius 1 is 0.306 bits per heavy atom. The van der Waals surface area contributed by atoms with Crippen LogP contribution in [0.3, 0.4) is 0 Å². The molecule has 4 aromatic carbocycles. The second-order valence-electron chi connectivity index (χ2n) is 15.5. The van der Waals surface area contributed by atoms with E-state index in [1.54, 1.807) is 0 Å². The van der Waals surface area contributed by atoms with Crippen LogP contribution in [0.2, 0.25) is 0 Å². The normalized spacial score (nSPS) is 13.1. The molecule has 2 aliphatic rings. The van der Waals surface area contributed by atoms with E-state index >= 15 is 35.1 Å². The summed E-state index contributed by atoms with van der Waals surface area (Å²) in [6.07, 6.45) is 3.97. The lowest BCUT2D eigenvalue weighted by Crippen LogP contribution is -2.03. The lowest BCUT2D eigenvalue weighted by atomic mass is 10.0. The zero-order chi connectivity index (χ0) is 52.3. The Kier molecular flexibility index (Phi) is 11.8. The van der Waals surface area contributed by atoms with Crippen molar-refractivity contribution in [3.63, 3.8) is 0 Å². The van der Waals surface area contributed by atoms with E-state index in [-0.39, 0.29) is 48.5 Å². The third-order valence-electron chi connectivity index (χ3n) is 11.0. The van der Waals surface area contributed by atoms with Gasteiger partial charge in [0, 0.05) is 44.3 Å². The molecule has 3 aromatic heterocycles. The summed E-state index contributed by atoms with van der Waals surface area (Å²) >= 11 is 0. The summed E-state index contributed by atoms with van der Waals surface area (Å²) in [5.74, 6) is -13.6. The van der Waals surface area contributed by atoms with E-state index < -0.39 is 196 Å². The van der Waals surface area contributed by atoms with Gasteiger partial charge in [0.15, 0.2) is 0 Å². The predicted molar refractivity (Wildman–Crippen MR) is 240 cm³/mol. The minimum atomic E-state index is -5.28. The quantitative estimate of drug-likeness (QED) is 0.0611. The molecule has 28 heteroatoms. The van der Waals surface area contributed by atoms with Crippen LogP contribution in [0, 0.1) is 46.5 Å². The van der Waals surface area contributed by atoms with E-state index in [9.17, 15) is 51.9 Å². The van der Waals surface area contributed by atoms with Crippen molar-refractivity contribution in [2.24, 2.45) is 0 Å². The number of rotatable bonds is 8. The molecular formula is C44H22F8N4O12S4. The van der Waals surface area contributed by atoms with Gasteiger partial charge in [0.05, 0.1) is 64.6 Å². The van der Waals surface area contributed by atoms with Gasteiger partial charge < -0.3 is 9.97 Å². The van der Waals surface area contributed by atoms with E-state index in [0.717, 1.165) is 48.6 Å². The van der Waals surface area contributed by atoms with Crippen LogP contribution in [0.25, 0.3) is 90.9 Å². The van der Waals surface area contributed by atoms with Crippen molar-refractivity contribution in [2.45, 2.75) is 19.6 Å². The van der Waals surface area contributed by atoms with Gasteiger partial charge in [-0.1, -0.05) is 0 Å². The van der Waals surface area contributed by atoms with Crippen LogP contribution in [-0.2, 0) is 40.5 Å². The van der Waals surface area contributed by atoms with Gasteiger partial charge in [-0.05, 0) is 97.1 Å². The first-order valence-corrected chi connectivity index (χ1v) is 25.3. The van der Waals surface area contributed by atoms with E-state index in [1.165, 1.54) is 0 Å². The SMILES string of the molecule is O=S(=O)(O)c1cc(F)c(-c2c3nc(c(-c4c(F)cc(S(=O)(=O)O)cc4F)c4ccc([nH]4)c(-c4c(F)cc(S(=O)(=O)O)cc4F)c4nc(c(-c5c(F)cc(S(=O)(=O)O)cc5F)c5ccc2[nH]5)C=C4)C=C3)c(F)c1. The summed E-state index contributed by atoms with van der Waals surface area (Å²) in [7, 11) is -21.1. The standard InChI is InChI=1S/C44H22F8N4O12S4/c45-21-9-17(69(57,58)59)10-22(46)37(21)41-29-1-2-30(53-29)42(38-23(47)11-18(12-24(38)48)70(60,61)62)32-5-6-34(55-32)44(40-27(51)15-20(16-28(40)52)72(66,67)68)36-8-7-35(56-36)43(33-4-3-31(41)54-33)39-25(49)13-19(14-26(39)50)71(63,64)65/h1-16,53,56H,(H,57,58,59)(H,60,61,62)(H,63,64,65)(H,66,67,68). The molecule has 16 nitrogen and oxygen atoms in total. The molecule has 72 heavy (non-hydrogen) atoms. The summed E-state index contributed by atoms with van der Waals surface area (Å²) in [5.41, 5.74) is -11.3. The molecule has 0 saturated carbocycles. The summed E-state index contributed by atoms with van der Waals surface area (Å²) in [6.45, 7) is 0. The maximum atomic E-state index is 16.3. The number of hydrogen-bond donors (Lipinski definition) is 6. The van der Waals surface area contributed by atoms with Crippen LogP contribution in [0.4, 0.5) is 35.1 Å². The minimum Gasteiger partial charge on any atom is -0.354 e. The second-order valence-corrected chi connectivity index (χ2v) is 21.1. The highest BCUT2D eigenvalue weighted by Gasteiger charge is 2.30. The number of aromatic nitrogens is 4.